The average Bonchev–Trinajstić information content (AvgIpc) is 0.750. The summed E-state index contributed by atoms with van der Waals surface area (Å²) in [7, 11) is -15.3. The van der Waals surface area contributed by atoms with E-state index in [1.54, 1.807) is 12.1 Å². The maximum absolute atomic E-state index is 13.7. The Morgan fingerprint density at radius 1 is 0.622 bits per heavy atom. The molecule has 22 heteroatoms. The molecule has 4 rings (SSSR count). The van der Waals surface area contributed by atoms with Gasteiger partial charge in [-0.2, -0.15) is 0 Å². The van der Waals surface area contributed by atoms with E-state index in [9.17, 15) is 40.4 Å². The van der Waals surface area contributed by atoms with Crippen LogP contribution in [0.2, 0.25) is 0 Å². The summed E-state index contributed by atoms with van der Waals surface area (Å²) in [5, 5.41) is 1.34. The predicted molar refractivity (Wildman–Crippen MR) is 363 cm³/mol. The van der Waals surface area contributed by atoms with Crippen molar-refractivity contribution in [3.8, 4) is 22.5 Å². The van der Waals surface area contributed by atoms with Gasteiger partial charge in [0.25, 0.3) is 7.82 Å². The van der Waals surface area contributed by atoms with E-state index in [1.165, 1.54) is 83.1 Å². The second-order valence-electron chi connectivity index (χ2n) is 22.7. The fourth-order valence-corrected chi connectivity index (χ4v) is 13.2. The van der Waals surface area contributed by atoms with Crippen molar-refractivity contribution in [3.05, 3.63) is 89.0 Å². The number of nitrogens with zero attached hydrogens (tertiary/aromatic N) is 3. The van der Waals surface area contributed by atoms with Gasteiger partial charge in [0.05, 0.1) is 17.6 Å². The molecule has 1 heterocycles. The lowest BCUT2D eigenvalue weighted by Gasteiger charge is -2.27. The minimum absolute atomic E-state index is 0. The molecule has 0 saturated carbocycles. The first-order valence-electron chi connectivity index (χ1n) is 33.0. The van der Waals surface area contributed by atoms with E-state index >= 15 is 0 Å². The van der Waals surface area contributed by atoms with Crippen LogP contribution in [0, 0.1) is 0 Å². The number of carbonyl (C=O) groups excluding carboxylic acids is 2. The zero-order valence-electron chi connectivity index (χ0n) is 55.9. The summed E-state index contributed by atoms with van der Waals surface area (Å²) in [4.78, 5) is 39.6. The summed E-state index contributed by atoms with van der Waals surface area (Å²) < 4.78 is 113. The van der Waals surface area contributed by atoms with E-state index in [0.717, 1.165) is 100 Å². The molecule has 0 bridgehead atoms. The number of esters is 2. The molecule has 2 aromatic rings. The van der Waals surface area contributed by atoms with Gasteiger partial charge in [-0.15, -0.1) is 6.54 Å². The Hall–Kier alpha value is -4.80. The Labute approximate surface area is 540 Å². The summed E-state index contributed by atoms with van der Waals surface area (Å²) >= 11 is 0. The van der Waals surface area contributed by atoms with Gasteiger partial charge < -0.3 is 54.3 Å². The number of sulfonamides is 1. The molecule has 0 saturated heterocycles. The summed E-state index contributed by atoms with van der Waals surface area (Å²) in [5.41, 5.74) is 2.03. The molecule has 0 aromatic heterocycles. The Kier molecular flexibility index (Phi) is 41.1. The lowest BCUT2D eigenvalue weighted by atomic mass is 9.93. The molecule has 0 spiro atoms. The third-order valence-corrected chi connectivity index (χ3v) is 19.0. The Bertz CT molecular complexity index is 3070. The maximum Gasteiger partial charge on any atom is 0.306 e. The van der Waals surface area contributed by atoms with Gasteiger partial charge in [0.2, 0.25) is 5.36 Å². The van der Waals surface area contributed by atoms with Crippen LogP contribution in [0.5, 0.6) is 0 Å². The standard InChI is InChI=1S/C68H106N3O14PS2.2H3N/c1-7-13-15-17-19-21-23-25-27-29-31-33-35-37-39-41-66(72)81-54-58(84-67(73)42-40-38-36-34-32-30-28-26-24-22-20-18-16-14-8-2)55-83-86(74,75)82-50-49-69-87(76,77)59-45-48-62(65(53-59)88(78,79)80)68-60-46-43-56(70(9-3)10-4)51-63(60)85-64-52-57(44-47-61(64)68)71(11-5)12-6;;/h25-28,43-48,51-53,58H,7-24,29-42,49-50,54-55H2,1-6H3,(H,74,75)(H,78,79,80);2*1H3/b27-25+,28-26+;;. The number of hydrogen-bond acceptors (Lipinski definition) is 15. The molecule has 1 aliphatic carbocycles. The molecule has 19 nitrogen and oxygen atoms in total. The van der Waals surface area contributed by atoms with Gasteiger partial charge in [-0.05, 0) is 122 Å². The number of quaternary nitrogens is 2. The summed E-state index contributed by atoms with van der Waals surface area (Å²) in [6, 6.07) is 14.1. The van der Waals surface area contributed by atoms with Gasteiger partial charge in [-0.3, -0.25) is 14.2 Å². The SMILES string of the molecule is CCCCCCCC/C=C/CCCCCCCC(=O)OCC(COP(=O)([O-])OCC[N-]S(=O)(=O)c1ccc(-c2c3ccc(=[N+](CC)CC)cc-3oc3cc(N(CC)CC)ccc23)c(S(=O)(=O)[O-])c1)OC(=O)CCCCCCC/C=C/CCCCCCCC.[NH4+].[NH4+]. The molecule has 2 unspecified atom stereocenters. The number of hydrogen-bond donors (Lipinski definition) is 2. The first-order chi connectivity index (χ1) is 42.4. The highest BCUT2D eigenvalue weighted by molar-refractivity contribution is 7.94. The van der Waals surface area contributed by atoms with Crippen molar-refractivity contribution >= 4 is 56.6 Å². The highest BCUT2D eigenvalue weighted by Crippen LogP contribution is 2.44. The van der Waals surface area contributed by atoms with Crippen molar-refractivity contribution in [1.29, 1.82) is 0 Å². The topological polar surface area (TPSA) is 309 Å². The first kappa shape index (κ1) is 81.3. The normalized spacial score (nSPS) is 12.9. The number of phosphoric ester groups is 1. The Morgan fingerprint density at radius 2 is 1.13 bits per heavy atom. The minimum Gasteiger partial charge on any atom is -0.756 e. The highest BCUT2D eigenvalue weighted by Gasteiger charge is 2.25. The average molecular weight is 1320 g/mol. The van der Waals surface area contributed by atoms with Crippen LogP contribution in [0.4, 0.5) is 5.69 Å². The van der Waals surface area contributed by atoms with E-state index in [4.69, 9.17) is 22.9 Å². The molecule has 0 amide bonds. The van der Waals surface area contributed by atoms with Crippen molar-refractivity contribution in [3.63, 3.8) is 0 Å². The smallest absolute Gasteiger partial charge is 0.306 e. The van der Waals surface area contributed by atoms with Gasteiger partial charge >= 0.3 is 11.9 Å². The molecular formula is C68H112N5O14PS2. The van der Waals surface area contributed by atoms with Gasteiger partial charge in [-0.1, -0.05) is 147 Å². The third-order valence-electron chi connectivity index (χ3n) is 15.8. The second-order valence-corrected chi connectivity index (χ2v) is 27.1. The first-order valence-corrected chi connectivity index (χ1v) is 37.3. The molecule has 2 aliphatic rings. The Morgan fingerprint density at radius 3 is 1.66 bits per heavy atom. The van der Waals surface area contributed by atoms with Crippen LogP contribution < -0.4 is 32.0 Å². The lowest BCUT2D eigenvalue weighted by molar-refractivity contribution is -0.228. The molecule has 2 atom stereocenters. The van der Waals surface area contributed by atoms with E-state index in [0.29, 0.717) is 66.9 Å². The van der Waals surface area contributed by atoms with Crippen LogP contribution in [0.1, 0.15) is 221 Å². The van der Waals surface area contributed by atoms with Crippen molar-refractivity contribution in [1.82, 2.24) is 16.9 Å². The number of allylic oxidation sites excluding steroid dienone is 4. The highest BCUT2D eigenvalue weighted by atomic mass is 32.2. The zero-order valence-corrected chi connectivity index (χ0v) is 58.4. The second kappa shape index (κ2) is 45.5. The number of benzene rings is 3. The molecule has 0 radical (unpaired) electrons. The number of phosphoric acid groups is 1. The van der Waals surface area contributed by atoms with Gasteiger partial charge in [0.1, 0.15) is 51.2 Å². The van der Waals surface area contributed by atoms with Crippen LogP contribution in [0.15, 0.2) is 93.1 Å². The summed E-state index contributed by atoms with van der Waals surface area (Å²) in [6.45, 7) is 12.6. The number of rotatable bonds is 49. The monoisotopic (exact) mass is 1320 g/mol. The van der Waals surface area contributed by atoms with E-state index in [-0.39, 0.29) is 30.7 Å². The molecule has 2 aromatic carbocycles. The van der Waals surface area contributed by atoms with Crippen molar-refractivity contribution in [2.75, 3.05) is 57.4 Å². The van der Waals surface area contributed by atoms with Crippen LogP contribution in [0.3, 0.4) is 0 Å². The molecule has 8 N–H and O–H groups in total. The van der Waals surface area contributed by atoms with Crippen molar-refractivity contribution < 1.29 is 63.4 Å². The number of anilines is 1. The van der Waals surface area contributed by atoms with Crippen LogP contribution >= 0.6 is 7.82 Å². The van der Waals surface area contributed by atoms with Crippen LogP contribution in [-0.4, -0.2) is 92.0 Å². The van der Waals surface area contributed by atoms with E-state index in [2.05, 4.69) is 52.3 Å². The van der Waals surface area contributed by atoms with Gasteiger partial charge in [-0.25, -0.2) is 21.4 Å². The number of unbranched alkanes of at least 4 members (excludes halogenated alkanes) is 22. The number of fused-ring (bicyclic) bond motifs is 2. The molecule has 1 aliphatic heterocycles. The molecular weight excluding hydrogens is 1210 g/mol. The fourth-order valence-electron chi connectivity index (χ4n) is 10.7. The fraction of sp³-hybridized carbons (Fsp3) is 0.632. The van der Waals surface area contributed by atoms with Crippen molar-refractivity contribution in [2.45, 2.75) is 237 Å². The summed E-state index contributed by atoms with van der Waals surface area (Å²) in [5.74, 6) is -0.726. The quantitative estimate of drug-likeness (QED) is 0.00790. The van der Waals surface area contributed by atoms with Crippen molar-refractivity contribution in [2.24, 2.45) is 0 Å². The van der Waals surface area contributed by atoms with Gasteiger partial charge in [0, 0.05) is 77.3 Å². The number of ether oxygens (including phenoxy) is 2. The maximum atomic E-state index is 13.7. The minimum atomic E-state index is -5.35. The molecule has 0 fully saturated rings. The predicted octanol–water partition coefficient (Wildman–Crippen LogP) is 16.6. The third kappa shape index (κ3) is 30.3. The molecule has 510 valence electrons. The molecule has 90 heavy (non-hydrogen) atoms. The zero-order chi connectivity index (χ0) is 64.1. The summed E-state index contributed by atoms with van der Waals surface area (Å²) in [6.07, 6.45) is 36.6. The van der Waals surface area contributed by atoms with Gasteiger partial charge in [0.15, 0.2) is 6.10 Å². The lowest BCUT2D eigenvalue weighted by Crippen LogP contribution is -2.30. The van der Waals surface area contributed by atoms with E-state index < -0.39 is 82.2 Å². The number of carbonyl (C=O) groups is 2. The van der Waals surface area contributed by atoms with Crippen LogP contribution in [0.25, 0.3) is 38.1 Å². The van der Waals surface area contributed by atoms with E-state index in [1.807, 2.05) is 52.0 Å². The largest absolute Gasteiger partial charge is 0.756 e. The Balaban J connectivity index is 0.0000138. The van der Waals surface area contributed by atoms with Crippen LogP contribution in [-0.2, 0) is 52.8 Å².